The summed E-state index contributed by atoms with van der Waals surface area (Å²) in [6, 6.07) is 0. The van der Waals surface area contributed by atoms with Crippen molar-refractivity contribution < 1.29 is 9.53 Å². The second-order valence-electron chi connectivity index (χ2n) is 7.27. The quantitative estimate of drug-likeness (QED) is 0.179. The van der Waals surface area contributed by atoms with Crippen molar-refractivity contribution in [3.8, 4) is 0 Å². The molecule has 0 saturated carbocycles. The molecule has 24 heavy (non-hydrogen) atoms. The number of carbonyl (C=O) groups is 1. The molecule has 2 heteroatoms. The van der Waals surface area contributed by atoms with Gasteiger partial charge in [-0.2, -0.15) is 0 Å². The molecule has 0 rings (SSSR count). The number of unbranched alkanes of at least 4 members (excludes halogenated alkanes) is 15. The summed E-state index contributed by atoms with van der Waals surface area (Å²) >= 11 is 0. The van der Waals surface area contributed by atoms with Gasteiger partial charge in [0, 0.05) is 6.42 Å². The van der Waals surface area contributed by atoms with E-state index < -0.39 is 0 Å². The largest absolute Gasteiger partial charge is 0.466 e. The molecule has 2 nitrogen and oxygen atoms in total. The van der Waals surface area contributed by atoms with E-state index >= 15 is 0 Å². The molecule has 0 unspecified atom stereocenters. The fourth-order valence-corrected chi connectivity index (χ4v) is 3.07. The third kappa shape index (κ3) is 19.5. The van der Waals surface area contributed by atoms with E-state index in [1.54, 1.807) is 0 Å². The molecule has 0 radical (unpaired) electrons. The molecule has 0 bridgehead atoms. The lowest BCUT2D eigenvalue weighted by Crippen LogP contribution is -2.05. The van der Waals surface area contributed by atoms with Crippen LogP contribution in [-0.4, -0.2) is 12.6 Å². The third-order valence-corrected chi connectivity index (χ3v) is 4.75. The maximum absolute atomic E-state index is 11.6. The Morgan fingerprint density at radius 3 is 1.38 bits per heavy atom. The van der Waals surface area contributed by atoms with Gasteiger partial charge in [-0.3, -0.25) is 4.79 Å². The summed E-state index contributed by atoms with van der Waals surface area (Å²) in [6.07, 6.45) is 22.7. The van der Waals surface area contributed by atoms with Crippen molar-refractivity contribution in [2.24, 2.45) is 0 Å². The van der Waals surface area contributed by atoms with Crippen molar-refractivity contribution in [1.82, 2.24) is 0 Å². The molecule has 0 heterocycles. The number of rotatable bonds is 19. The number of ether oxygens (including phenoxy) is 1. The van der Waals surface area contributed by atoms with Gasteiger partial charge in [-0.25, -0.2) is 0 Å². The second-order valence-corrected chi connectivity index (χ2v) is 7.27. The molecular weight excluding hydrogens is 296 g/mol. The van der Waals surface area contributed by atoms with Crippen LogP contribution >= 0.6 is 0 Å². The highest BCUT2D eigenvalue weighted by Gasteiger charge is 2.02. The lowest BCUT2D eigenvalue weighted by atomic mass is 10.0. The zero-order chi connectivity index (χ0) is 17.7. The predicted molar refractivity (Wildman–Crippen MR) is 105 cm³/mol. The molecule has 0 aromatic carbocycles. The maximum Gasteiger partial charge on any atom is 0.305 e. The Kier molecular flexibility index (Phi) is 20.1. The minimum Gasteiger partial charge on any atom is -0.466 e. The monoisotopic (exact) mass is 340 g/mol. The molecule has 0 saturated heterocycles. The molecular formula is C22H44O2. The second kappa shape index (κ2) is 20.5. The number of carbonyl (C=O) groups excluding carboxylic acids is 1. The van der Waals surface area contributed by atoms with Gasteiger partial charge in [-0.1, -0.05) is 110 Å². The van der Waals surface area contributed by atoms with E-state index in [2.05, 4.69) is 13.8 Å². The summed E-state index contributed by atoms with van der Waals surface area (Å²) in [6.45, 7) is 5.11. The Labute approximate surface area is 152 Å². The van der Waals surface area contributed by atoms with Crippen molar-refractivity contribution >= 4 is 5.97 Å². The van der Waals surface area contributed by atoms with Gasteiger partial charge in [-0.15, -0.1) is 0 Å². The highest BCUT2D eigenvalue weighted by Crippen LogP contribution is 2.12. The maximum atomic E-state index is 11.6. The molecule has 0 aromatic heterocycles. The first-order valence-corrected chi connectivity index (χ1v) is 11.0. The van der Waals surface area contributed by atoms with Crippen LogP contribution in [0.15, 0.2) is 0 Å². The number of esters is 1. The van der Waals surface area contributed by atoms with Gasteiger partial charge in [0.05, 0.1) is 6.61 Å². The molecule has 0 spiro atoms. The van der Waals surface area contributed by atoms with Gasteiger partial charge in [0.1, 0.15) is 0 Å². The zero-order valence-electron chi connectivity index (χ0n) is 16.8. The van der Waals surface area contributed by atoms with E-state index in [9.17, 15) is 4.79 Å². The first-order chi connectivity index (χ1) is 11.8. The Morgan fingerprint density at radius 1 is 0.542 bits per heavy atom. The summed E-state index contributed by atoms with van der Waals surface area (Å²) in [5, 5.41) is 0. The van der Waals surface area contributed by atoms with Crippen LogP contribution in [0.2, 0.25) is 0 Å². The standard InChI is InChI=1S/C22H44O2/c1-3-5-7-9-10-11-12-13-14-15-16-18-20-22(23)24-21-19-17-8-6-4-2/h3-21H2,1-2H3. The Bertz CT molecular complexity index is 250. The van der Waals surface area contributed by atoms with Crippen LogP contribution in [0.5, 0.6) is 0 Å². The lowest BCUT2D eigenvalue weighted by molar-refractivity contribution is -0.143. The van der Waals surface area contributed by atoms with Gasteiger partial charge in [-0.05, 0) is 12.8 Å². The van der Waals surface area contributed by atoms with E-state index in [1.807, 2.05) is 0 Å². The topological polar surface area (TPSA) is 26.3 Å². The minimum atomic E-state index is 0.0116. The normalized spacial score (nSPS) is 10.9. The molecule has 0 aliphatic carbocycles. The Balaban J connectivity index is 3.11. The number of hydrogen-bond acceptors (Lipinski definition) is 2. The van der Waals surface area contributed by atoms with Crippen molar-refractivity contribution in [2.45, 2.75) is 129 Å². The fourth-order valence-electron chi connectivity index (χ4n) is 3.07. The van der Waals surface area contributed by atoms with E-state index in [4.69, 9.17) is 4.74 Å². The summed E-state index contributed by atoms with van der Waals surface area (Å²) in [7, 11) is 0. The Morgan fingerprint density at radius 2 is 0.917 bits per heavy atom. The van der Waals surface area contributed by atoms with E-state index in [1.165, 1.54) is 96.3 Å². The number of hydrogen-bond donors (Lipinski definition) is 0. The van der Waals surface area contributed by atoms with Crippen LogP contribution in [-0.2, 0) is 9.53 Å². The molecule has 0 aliphatic rings. The van der Waals surface area contributed by atoms with Crippen molar-refractivity contribution in [3.05, 3.63) is 0 Å². The van der Waals surface area contributed by atoms with Gasteiger partial charge in [0.2, 0.25) is 0 Å². The van der Waals surface area contributed by atoms with Crippen LogP contribution < -0.4 is 0 Å². The van der Waals surface area contributed by atoms with E-state index in [0.717, 1.165) is 12.8 Å². The average molecular weight is 341 g/mol. The van der Waals surface area contributed by atoms with Crippen LogP contribution in [0.4, 0.5) is 0 Å². The SMILES string of the molecule is CCCCCCCCCCCCCCC(=O)OCCCCCCC. The van der Waals surface area contributed by atoms with E-state index in [0.29, 0.717) is 13.0 Å². The molecule has 144 valence electrons. The molecule has 0 aromatic rings. The first kappa shape index (κ1) is 23.5. The van der Waals surface area contributed by atoms with Crippen molar-refractivity contribution in [1.29, 1.82) is 0 Å². The van der Waals surface area contributed by atoms with Crippen molar-refractivity contribution in [3.63, 3.8) is 0 Å². The molecule has 0 N–H and O–H groups in total. The van der Waals surface area contributed by atoms with Gasteiger partial charge in [0.25, 0.3) is 0 Å². The molecule has 0 atom stereocenters. The minimum absolute atomic E-state index is 0.0116. The van der Waals surface area contributed by atoms with Crippen LogP contribution in [0.3, 0.4) is 0 Å². The highest BCUT2D eigenvalue weighted by molar-refractivity contribution is 5.69. The van der Waals surface area contributed by atoms with Crippen LogP contribution in [0.25, 0.3) is 0 Å². The van der Waals surface area contributed by atoms with Crippen molar-refractivity contribution in [2.75, 3.05) is 6.61 Å². The smallest absolute Gasteiger partial charge is 0.305 e. The van der Waals surface area contributed by atoms with Crippen LogP contribution in [0, 0.1) is 0 Å². The van der Waals surface area contributed by atoms with Crippen LogP contribution in [0.1, 0.15) is 129 Å². The lowest BCUT2D eigenvalue weighted by Gasteiger charge is -2.05. The third-order valence-electron chi connectivity index (χ3n) is 4.75. The predicted octanol–water partition coefficient (Wildman–Crippen LogP) is 7.59. The first-order valence-electron chi connectivity index (χ1n) is 11.0. The van der Waals surface area contributed by atoms with E-state index in [-0.39, 0.29) is 5.97 Å². The zero-order valence-corrected chi connectivity index (χ0v) is 16.8. The van der Waals surface area contributed by atoms with Gasteiger partial charge >= 0.3 is 5.97 Å². The summed E-state index contributed by atoms with van der Waals surface area (Å²) in [5.74, 6) is 0.0116. The summed E-state index contributed by atoms with van der Waals surface area (Å²) in [4.78, 5) is 11.6. The summed E-state index contributed by atoms with van der Waals surface area (Å²) < 4.78 is 5.28. The molecule has 0 fully saturated rings. The fraction of sp³-hybridized carbons (Fsp3) is 0.955. The van der Waals surface area contributed by atoms with Gasteiger partial charge in [0.15, 0.2) is 0 Å². The van der Waals surface area contributed by atoms with Gasteiger partial charge < -0.3 is 4.74 Å². The molecule has 0 aliphatic heterocycles. The Hall–Kier alpha value is -0.530. The molecule has 0 amide bonds. The highest BCUT2D eigenvalue weighted by atomic mass is 16.5. The summed E-state index contributed by atoms with van der Waals surface area (Å²) in [5.41, 5.74) is 0. The average Bonchev–Trinajstić information content (AvgIpc) is 2.59.